The molecule has 9 heteroatoms. The Kier molecular flexibility index (Phi) is 5.96. The fourth-order valence-corrected chi connectivity index (χ4v) is 4.95. The van der Waals surface area contributed by atoms with E-state index in [2.05, 4.69) is 0 Å². The summed E-state index contributed by atoms with van der Waals surface area (Å²) < 4.78 is 65.7. The Bertz CT molecular complexity index is 1520. The Labute approximate surface area is 203 Å². The van der Waals surface area contributed by atoms with E-state index >= 15 is 4.39 Å². The molecule has 0 amide bonds. The molecule has 5 rings (SSSR count). The summed E-state index contributed by atoms with van der Waals surface area (Å²) in [7, 11) is 0. The highest BCUT2D eigenvalue weighted by atomic mass is 19.2. The highest BCUT2D eigenvalue weighted by Crippen LogP contribution is 2.47. The van der Waals surface area contributed by atoms with Crippen molar-refractivity contribution in [3.05, 3.63) is 82.6 Å². The van der Waals surface area contributed by atoms with Crippen molar-refractivity contribution in [1.82, 2.24) is 4.57 Å². The maximum absolute atomic E-state index is 15.3. The number of rotatable bonds is 4. The molecule has 1 aromatic heterocycles. The topological polar surface area (TPSA) is 71.7 Å². The van der Waals surface area contributed by atoms with E-state index in [1.54, 1.807) is 11.5 Å². The number of aromatic hydroxyl groups is 1. The number of carboxylic acids is 1. The summed E-state index contributed by atoms with van der Waals surface area (Å²) >= 11 is 0. The third-order valence-corrected chi connectivity index (χ3v) is 6.60. The second-order valence-electron chi connectivity index (χ2n) is 8.86. The molecular weight excluding hydrogens is 478 g/mol. The fraction of sp³-hybridized carbons (Fsp3) is 0.222. The lowest BCUT2D eigenvalue weighted by Gasteiger charge is -2.26. The number of aryl methyl sites for hydroxylation is 1. The van der Waals surface area contributed by atoms with Crippen LogP contribution in [0.1, 0.15) is 40.4 Å². The summed E-state index contributed by atoms with van der Waals surface area (Å²) in [5, 5.41) is 20.4. The molecule has 0 spiro atoms. The Morgan fingerprint density at radius 1 is 1.00 bits per heavy atom. The van der Waals surface area contributed by atoms with Gasteiger partial charge < -0.3 is 19.5 Å². The lowest BCUT2D eigenvalue weighted by Crippen LogP contribution is -2.18. The number of nitrogens with zero attached hydrogens (tertiary/aromatic N) is 1. The van der Waals surface area contributed by atoms with Crippen LogP contribution < -0.4 is 0 Å². The molecule has 36 heavy (non-hydrogen) atoms. The molecule has 0 aliphatic carbocycles. The van der Waals surface area contributed by atoms with E-state index in [1.807, 2.05) is 0 Å². The van der Waals surface area contributed by atoms with Gasteiger partial charge in [-0.2, -0.15) is 0 Å². The van der Waals surface area contributed by atoms with Crippen LogP contribution in [0.3, 0.4) is 0 Å². The van der Waals surface area contributed by atoms with Gasteiger partial charge in [0.2, 0.25) is 0 Å². The Morgan fingerprint density at radius 3 is 2.39 bits per heavy atom. The minimum absolute atomic E-state index is 0.0284. The first-order valence-electron chi connectivity index (χ1n) is 11.3. The maximum atomic E-state index is 15.3. The molecule has 1 aliphatic rings. The average molecular weight is 499 g/mol. The smallest absolute Gasteiger partial charge is 0.335 e. The molecule has 186 valence electrons. The van der Waals surface area contributed by atoms with Crippen LogP contribution in [0, 0.1) is 30.2 Å². The van der Waals surface area contributed by atoms with Gasteiger partial charge in [0.15, 0.2) is 11.6 Å². The predicted octanol–water partition coefficient (Wildman–Crippen LogP) is 6.46. The van der Waals surface area contributed by atoms with Crippen LogP contribution in [0.4, 0.5) is 17.6 Å². The van der Waals surface area contributed by atoms with Crippen molar-refractivity contribution in [1.29, 1.82) is 0 Å². The van der Waals surface area contributed by atoms with Crippen molar-refractivity contribution < 1.29 is 37.3 Å². The van der Waals surface area contributed by atoms with E-state index in [1.165, 1.54) is 18.2 Å². The lowest BCUT2D eigenvalue weighted by atomic mass is 9.89. The van der Waals surface area contributed by atoms with Gasteiger partial charge in [-0.05, 0) is 61.7 Å². The van der Waals surface area contributed by atoms with E-state index in [-0.39, 0.29) is 27.9 Å². The van der Waals surface area contributed by atoms with Crippen molar-refractivity contribution in [3.63, 3.8) is 0 Å². The molecule has 5 nitrogen and oxygen atoms in total. The number of ether oxygens (including phenoxy) is 1. The highest BCUT2D eigenvalue weighted by molar-refractivity contribution is 6.04. The molecule has 1 aliphatic heterocycles. The van der Waals surface area contributed by atoms with Crippen LogP contribution in [0.15, 0.2) is 42.5 Å². The van der Waals surface area contributed by atoms with Crippen molar-refractivity contribution in [2.45, 2.75) is 25.7 Å². The van der Waals surface area contributed by atoms with Gasteiger partial charge in [-0.1, -0.05) is 0 Å². The van der Waals surface area contributed by atoms with Crippen LogP contribution in [0.25, 0.3) is 27.7 Å². The molecular formula is C27H21F4NO4. The molecule has 0 saturated carbocycles. The number of carbonyl (C=O) groups is 1. The first-order valence-corrected chi connectivity index (χ1v) is 11.3. The number of hydrogen-bond donors (Lipinski definition) is 2. The lowest BCUT2D eigenvalue weighted by molar-refractivity contribution is 0.0696. The SMILES string of the molecule is Cc1cc(-n2c(C3CCOCC3)c(-c3cc(C(=O)O)cc(F)c3F)c3c(O)cc(F)cc32)ccc1F. The Balaban J connectivity index is 1.98. The summed E-state index contributed by atoms with van der Waals surface area (Å²) in [4.78, 5) is 11.7. The van der Waals surface area contributed by atoms with Gasteiger partial charge in [0, 0.05) is 47.7 Å². The van der Waals surface area contributed by atoms with Gasteiger partial charge in [-0.3, -0.25) is 0 Å². The molecule has 4 aromatic rings. The summed E-state index contributed by atoms with van der Waals surface area (Å²) in [5.74, 6) is -6.19. The number of phenols is 1. The number of carboxylic acid groups (broad SMARTS) is 1. The minimum Gasteiger partial charge on any atom is -0.507 e. The first-order chi connectivity index (χ1) is 17.2. The van der Waals surface area contributed by atoms with Crippen LogP contribution in [0.2, 0.25) is 0 Å². The predicted molar refractivity (Wildman–Crippen MR) is 125 cm³/mol. The van der Waals surface area contributed by atoms with Gasteiger partial charge >= 0.3 is 5.97 Å². The number of fused-ring (bicyclic) bond motifs is 1. The van der Waals surface area contributed by atoms with Crippen molar-refractivity contribution in [2.24, 2.45) is 0 Å². The Morgan fingerprint density at radius 2 is 1.72 bits per heavy atom. The van der Waals surface area contributed by atoms with Crippen molar-refractivity contribution in [2.75, 3.05) is 13.2 Å². The van der Waals surface area contributed by atoms with E-state index < -0.39 is 40.6 Å². The van der Waals surface area contributed by atoms with Crippen LogP contribution >= 0.6 is 0 Å². The zero-order valence-corrected chi connectivity index (χ0v) is 19.1. The molecule has 0 unspecified atom stereocenters. The fourth-order valence-electron chi connectivity index (χ4n) is 4.95. The second-order valence-corrected chi connectivity index (χ2v) is 8.86. The van der Waals surface area contributed by atoms with E-state index in [0.717, 1.165) is 18.2 Å². The van der Waals surface area contributed by atoms with Crippen LogP contribution in [-0.4, -0.2) is 34.0 Å². The molecule has 1 saturated heterocycles. The zero-order valence-electron chi connectivity index (χ0n) is 19.1. The third-order valence-electron chi connectivity index (χ3n) is 6.60. The third kappa shape index (κ3) is 3.89. The molecule has 2 heterocycles. The largest absolute Gasteiger partial charge is 0.507 e. The number of aromatic nitrogens is 1. The van der Waals surface area contributed by atoms with Gasteiger partial charge in [-0.15, -0.1) is 0 Å². The van der Waals surface area contributed by atoms with Gasteiger partial charge in [-0.25, -0.2) is 22.4 Å². The molecule has 2 N–H and O–H groups in total. The number of benzene rings is 3. The van der Waals surface area contributed by atoms with Crippen molar-refractivity contribution in [3.8, 4) is 22.6 Å². The molecule has 0 radical (unpaired) electrons. The molecule has 1 fully saturated rings. The standard InChI is InChI=1S/C27H21F4NO4/c1-13-8-17(2-3-19(13)29)32-21-11-16(28)12-22(33)24(21)23(26(32)14-4-6-36-7-5-14)18-9-15(27(34)35)10-20(30)25(18)31/h2-3,8-12,14,33H,4-7H2,1H3,(H,34,35). The number of aromatic carboxylic acids is 1. The van der Waals surface area contributed by atoms with Gasteiger partial charge in [0.25, 0.3) is 0 Å². The van der Waals surface area contributed by atoms with Crippen LogP contribution in [-0.2, 0) is 4.74 Å². The van der Waals surface area contributed by atoms with Crippen LogP contribution in [0.5, 0.6) is 5.75 Å². The Hall–Kier alpha value is -3.85. The summed E-state index contributed by atoms with van der Waals surface area (Å²) in [6.45, 7) is 2.31. The summed E-state index contributed by atoms with van der Waals surface area (Å²) in [6, 6.07) is 7.84. The van der Waals surface area contributed by atoms with E-state index in [0.29, 0.717) is 49.1 Å². The maximum Gasteiger partial charge on any atom is 0.335 e. The van der Waals surface area contributed by atoms with Crippen molar-refractivity contribution >= 4 is 16.9 Å². The van der Waals surface area contributed by atoms with E-state index in [4.69, 9.17) is 4.74 Å². The van der Waals surface area contributed by atoms with Gasteiger partial charge in [0.1, 0.15) is 17.4 Å². The van der Waals surface area contributed by atoms with Gasteiger partial charge in [0.05, 0.1) is 16.5 Å². The number of phenolic OH excluding ortho intramolecular Hbond substituents is 1. The zero-order chi connectivity index (χ0) is 25.7. The second kappa shape index (κ2) is 8.98. The van der Waals surface area contributed by atoms with E-state index in [9.17, 15) is 28.2 Å². The normalized spacial score (nSPS) is 14.5. The highest BCUT2D eigenvalue weighted by Gasteiger charge is 2.32. The monoisotopic (exact) mass is 499 g/mol. The molecule has 3 aromatic carbocycles. The number of halogens is 4. The average Bonchev–Trinajstić information content (AvgIpc) is 3.18. The number of hydrogen-bond acceptors (Lipinski definition) is 3. The minimum atomic E-state index is -1.46. The summed E-state index contributed by atoms with van der Waals surface area (Å²) in [5.41, 5.74) is 0.485. The molecule has 0 atom stereocenters. The molecule has 0 bridgehead atoms. The quantitative estimate of drug-likeness (QED) is 0.316. The summed E-state index contributed by atoms with van der Waals surface area (Å²) in [6.07, 6.45) is 0.963. The first kappa shape index (κ1) is 23.9.